The Morgan fingerprint density at radius 2 is 1.92 bits per heavy atom. The molecule has 9 heteroatoms. The summed E-state index contributed by atoms with van der Waals surface area (Å²) in [5.41, 5.74) is 0.427. The Morgan fingerprint density at radius 3 is 2.50 bits per heavy atom. The van der Waals surface area contributed by atoms with Gasteiger partial charge in [0.1, 0.15) is 0 Å². The van der Waals surface area contributed by atoms with Crippen LogP contribution in [-0.4, -0.2) is 84.7 Å². The molecule has 2 rings (SSSR count). The first-order valence-electron chi connectivity index (χ1n) is 8.92. The summed E-state index contributed by atoms with van der Waals surface area (Å²) in [6.07, 6.45) is 4.16. The molecule has 9 nitrogen and oxygen atoms in total. The lowest BCUT2D eigenvalue weighted by Gasteiger charge is -2.31. The smallest absolute Gasteiger partial charge is 0.409 e. The van der Waals surface area contributed by atoms with Crippen molar-refractivity contribution in [3.8, 4) is 0 Å². The minimum atomic E-state index is -0.289. The summed E-state index contributed by atoms with van der Waals surface area (Å²) >= 11 is 0. The summed E-state index contributed by atoms with van der Waals surface area (Å²) in [4.78, 5) is 36.1. The molecule has 0 aromatic carbocycles. The third kappa shape index (κ3) is 6.14. The van der Waals surface area contributed by atoms with Crippen LogP contribution in [0.5, 0.6) is 0 Å². The molecule has 0 bridgehead atoms. The average Bonchev–Trinajstić information content (AvgIpc) is 2.63. The van der Waals surface area contributed by atoms with E-state index in [-0.39, 0.29) is 18.0 Å². The van der Waals surface area contributed by atoms with Gasteiger partial charge in [0.25, 0.3) is 5.91 Å². The first kappa shape index (κ1) is 19.9. The summed E-state index contributed by atoms with van der Waals surface area (Å²) in [6, 6.07) is 0.0334. The van der Waals surface area contributed by atoms with Crippen LogP contribution in [0.1, 0.15) is 30.1 Å². The van der Waals surface area contributed by atoms with Crippen LogP contribution in [0.3, 0.4) is 0 Å². The second-order valence-corrected chi connectivity index (χ2v) is 6.46. The van der Waals surface area contributed by atoms with Crippen LogP contribution in [0.2, 0.25) is 0 Å². The van der Waals surface area contributed by atoms with Crippen molar-refractivity contribution in [3.05, 3.63) is 18.0 Å². The fourth-order valence-corrected chi connectivity index (χ4v) is 2.62. The van der Waals surface area contributed by atoms with Gasteiger partial charge in [0.2, 0.25) is 5.95 Å². The molecule has 1 fully saturated rings. The highest BCUT2D eigenvalue weighted by Crippen LogP contribution is 2.12. The SMILES string of the molecule is CCOC(=O)N1CCC(NC(=O)c2cnc(NCCN(C)C)nc2)CC1. The van der Waals surface area contributed by atoms with Gasteiger partial charge in [-0.05, 0) is 33.9 Å². The lowest BCUT2D eigenvalue weighted by atomic mass is 10.1. The van der Waals surface area contributed by atoms with E-state index in [1.54, 1.807) is 11.8 Å². The summed E-state index contributed by atoms with van der Waals surface area (Å²) in [5, 5.41) is 6.08. The van der Waals surface area contributed by atoms with Crippen LogP contribution in [0.15, 0.2) is 12.4 Å². The van der Waals surface area contributed by atoms with Crippen LogP contribution >= 0.6 is 0 Å². The van der Waals surface area contributed by atoms with Gasteiger partial charge < -0.3 is 25.2 Å². The van der Waals surface area contributed by atoms with Gasteiger partial charge in [-0.1, -0.05) is 0 Å². The molecule has 1 aliphatic rings. The van der Waals surface area contributed by atoms with Gasteiger partial charge in [-0.2, -0.15) is 0 Å². The second kappa shape index (κ2) is 9.91. The van der Waals surface area contributed by atoms with Gasteiger partial charge in [0.15, 0.2) is 0 Å². The Bertz CT molecular complexity index is 585. The predicted octanol–water partition coefficient (Wildman–Crippen LogP) is 0.801. The molecule has 1 aromatic heterocycles. The van der Waals surface area contributed by atoms with Gasteiger partial charge in [-0.25, -0.2) is 14.8 Å². The normalized spacial score (nSPS) is 15.0. The maximum Gasteiger partial charge on any atom is 0.409 e. The average molecular weight is 364 g/mol. The van der Waals surface area contributed by atoms with E-state index in [0.717, 1.165) is 13.1 Å². The van der Waals surface area contributed by atoms with E-state index >= 15 is 0 Å². The molecule has 2 heterocycles. The van der Waals surface area contributed by atoms with E-state index in [4.69, 9.17) is 4.74 Å². The molecule has 2 N–H and O–H groups in total. The van der Waals surface area contributed by atoms with Crippen molar-refractivity contribution >= 4 is 17.9 Å². The molecule has 144 valence electrons. The first-order valence-corrected chi connectivity index (χ1v) is 8.92. The second-order valence-electron chi connectivity index (χ2n) is 6.46. The molecule has 0 spiro atoms. The van der Waals surface area contributed by atoms with Gasteiger partial charge >= 0.3 is 6.09 Å². The third-order valence-electron chi connectivity index (χ3n) is 4.11. The van der Waals surface area contributed by atoms with Gasteiger partial charge in [0.05, 0.1) is 12.2 Å². The van der Waals surface area contributed by atoms with Crippen LogP contribution in [0, 0.1) is 0 Å². The topological polar surface area (TPSA) is 99.7 Å². The molecule has 0 radical (unpaired) electrons. The van der Waals surface area contributed by atoms with Crippen molar-refractivity contribution in [2.75, 3.05) is 52.2 Å². The Hall–Kier alpha value is -2.42. The number of nitrogens with one attached hydrogen (secondary N) is 2. The molecule has 0 aliphatic carbocycles. The van der Waals surface area contributed by atoms with Gasteiger partial charge in [-0.15, -0.1) is 0 Å². The lowest BCUT2D eigenvalue weighted by Crippen LogP contribution is -2.46. The zero-order valence-corrected chi connectivity index (χ0v) is 15.7. The van der Waals surface area contributed by atoms with Crippen molar-refractivity contribution in [2.45, 2.75) is 25.8 Å². The quantitative estimate of drug-likeness (QED) is 0.738. The van der Waals surface area contributed by atoms with Crippen molar-refractivity contribution in [2.24, 2.45) is 0 Å². The fraction of sp³-hybridized carbons (Fsp3) is 0.647. The first-order chi connectivity index (χ1) is 12.5. The monoisotopic (exact) mass is 364 g/mol. The van der Waals surface area contributed by atoms with E-state index in [2.05, 4.69) is 25.5 Å². The van der Waals surface area contributed by atoms with Gasteiger partial charge in [-0.3, -0.25) is 4.79 Å². The molecule has 0 unspecified atom stereocenters. The summed E-state index contributed by atoms with van der Waals surface area (Å²) in [5.74, 6) is 0.311. The zero-order chi connectivity index (χ0) is 18.9. The minimum Gasteiger partial charge on any atom is -0.450 e. The van der Waals surface area contributed by atoms with Gasteiger partial charge in [0, 0.05) is 44.6 Å². The molecule has 1 aromatic rings. The van der Waals surface area contributed by atoms with E-state index in [9.17, 15) is 9.59 Å². The predicted molar refractivity (Wildman–Crippen MR) is 98.2 cm³/mol. The van der Waals surface area contributed by atoms with Crippen LogP contribution < -0.4 is 10.6 Å². The summed E-state index contributed by atoms with van der Waals surface area (Å²) in [6.45, 7) is 4.92. The lowest BCUT2D eigenvalue weighted by molar-refractivity contribution is 0.0859. The molecule has 0 atom stereocenters. The number of amides is 2. The summed E-state index contributed by atoms with van der Waals surface area (Å²) < 4.78 is 4.99. The number of anilines is 1. The highest BCUT2D eigenvalue weighted by atomic mass is 16.6. The molecule has 26 heavy (non-hydrogen) atoms. The number of carbonyl (C=O) groups is 2. The minimum absolute atomic E-state index is 0.0334. The van der Waals surface area contributed by atoms with E-state index < -0.39 is 0 Å². The van der Waals surface area contributed by atoms with Crippen molar-refractivity contribution in [1.29, 1.82) is 0 Å². The Kier molecular flexibility index (Phi) is 7.58. The van der Waals surface area contributed by atoms with Crippen molar-refractivity contribution < 1.29 is 14.3 Å². The summed E-state index contributed by atoms with van der Waals surface area (Å²) in [7, 11) is 3.99. The molecular weight excluding hydrogens is 336 g/mol. The Morgan fingerprint density at radius 1 is 1.27 bits per heavy atom. The largest absolute Gasteiger partial charge is 0.450 e. The molecule has 1 aliphatic heterocycles. The number of nitrogens with zero attached hydrogens (tertiary/aromatic N) is 4. The number of hydrogen-bond donors (Lipinski definition) is 2. The molecule has 0 saturated carbocycles. The molecular formula is C17H28N6O3. The maximum absolute atomic E-state index is 12.3. The number of rotatable bonds is 7. The number of aromatic nitrogens is 2. The van der Waals surface area contributed by atoms with Crippen LogP contribution in [0.25, 0.3) is 0 Å². The molecule has 1 saturated heterocycles. The number of likely N-dealkylation sites (N-methyl/N-ethyl adjacent to an activating group) is 1. The third-order valence-corrected chi connectivity index (χ3v) is 4.11. The fourth-order valence-electron chi connectivity index (χ4n) is 2.62. The standard InChI is InChI=1S/C17H28N6O3/c1-4-26-17(25)23-8-5-14(6-9-23)21-15(24)13-11-19-16(20-12-13)18-7-10-22(2)3/h11-12,14H,4-10H2,1-3H3,(H,21,24)(H,18,19,20). The zero-order valence-electron chi connectivity index (χ0n) is 15.7. The van der Waals surface area contributed by atoms with E-state index in [1.807, 2.05) is 14.1 Å². The van der Waals surface area contributed by atoms with Crippen molar-refractivity contribution in [3.63, 3.8) is 0 Å². The van der Waals surface area contributed by atoms with E-state index in [1.165, 1.54) is 12.4 Å². The Balaban J connectivity index is 1.77. The van der Waals surface area contributed by atoms with Crippen molar-refractivity contribution in [1.82, 2.24) is 25.1 Å². The maximum atomic E-state index is 12.3. The molecule has 2 amide bonds. The highest BCUT2D eigenvalue weighted by Gasteiger charge is 2.24. The highest BCUT2D eigenvalue weighted by molar-refractivity contribution is 5.93. The number of ether oxygens (including phenoxy) is 1. The number of piperidine rings is 1. The number of likely N-dealkylation sites (tertiary alicyclic amines) is 1. The van der Waals surface area contributed by atoms with Crippen LogP contribution in [0.4, 0.5) is 10.7 Å². The van der Waals surface area contributed by atoms with E-state index in [0.29, 0.717) is 44.0 Å². The number of carbonyl (C=O) groups excluding carboxylic acids is 2. The Labute approximate surface area is 154 Å². The number of hydrogen-bond acceptors (Lipinski definition) is 7. The van der Waals surface area contributed by atoms with Crippen LogP contribution in [-0.2, 0) is 4.74 Å².